The summed E-state index contributed by atoms with van der Waals surface area (Å²) < 4.78 is 0. The normalized spacial score (nSPS) is 11.5. The van der Waals surface area contributed by atoms with Crippen LogP contribution in [0.15, 0.2) is 0 Å². The second-order valence-electron chi connectivity index (χ2n) is 1.76. The van der Waals surface area contributed by atoms with E-state index < -0.39 is 12.1 Å². The van der Waals surface area contributed by atoms with Gasteiger partial charge in [0.05, 0.1) is 12.5 Å². The molecule has 0 saturated heterocycles. The number of carbonyl (C=O) groups excluding carboxylic acids is 1. The summed E-state index contributed by atoms with van der Waals surface area (Å²) >= 11 is 0. The Morgan fingerprint density at radius 1 is 1.80 bits per heavy atom. The third-order valence-electron chi connectivity index (χ3n) is 1.00. The van der Waals surface area contributed by atoms with Crippen LogP contribution in [-0.4, -0.2) is 17.2 Å². The van der Waals surface area contributed by atoms with Crippen molar-refractivity contribution in [2.24, 2.45) is 5.90 Å². The summed E-state index contributed by atoms with van der Waals surface area (Å²) in [6.07, 6.45) is -0.108. The summed E-state index contributed by atoms with van der Waals surface area (Å²) in [6.45, 7) is 1.77. The van der Waals surface area contributed by atoms with Gasteiger partial charge in [-0.25, -0.2) is 0 Å². The number of hydrogen-bond acceptors (Lipinski definition) is 4. The predicted molar refractivity (Wildman–Crippen MR) is 38.4 cm³/mol. The molecule has 10 heavy (non-hydrogen) atoms. The minimum atomic E-state index is -0.624. The van der Waals surface area contributed by atoms with Crippen LogP contribution in [0.4, 0.5) is 0 Å². The Kier molecular flexibility index (Phi) is 8.40. The lowest BCUT2D eigenvalue weighted by atomic mass is 10.2. The lowest BCUT2D eigenvalue weighted by molar-refractivity contribution is -0.146. The summed E-state index contributed by atoms with van der Waals surface area (Å²) in [7, 11) is 0. The van der Waals surface area contributed by atoms with Crippen LogP contribution in [-0.2, 0) is 9.63 Å². The van der Waals surface area contributed by atoms with Gasteiger partial charge < -0.3 is 9.94 Å². The van der Waals surface area contributed by atoms with Gasteiger partial charge in [-0.3, -0.25) is 4.79 Å². The molecule has 4 nitrogen and oxygen atoms in total. The van der Waals surface area contributed by atoms with Crippen LogP contribution in [0.3, 0.4) is 0 Å². The van der Waals surface area contributed by atoms with Gasteiger partial charge in [0, 0.05) is 0 Å². The zero-order valence-electron chi connectivity index (χ0n) is 5.74. The van der Waals surface area contributed by atoms with Crippen LogP contribution < -0.4 is 5.90 Å². The molecule has 0 spiro atoms. The quantitative estimate of drug-likeness (QED) is 0.583. The van der Waals surface area contributed by atoms with Crippen molar-refractivity contribution in [3.63, 3.8) is 0 Å². The van der Waals surface area contributed by atoms with Gasteiger partial charge in [0.25, 0.3) is 0 Å². The highest BCUT2D eigenvalue weighted by atomic mass is 35.5. The van der Waals surface area contributed by atoms with Crippen molar-refractivity contribution >= 4 is 18.4 Å². The zero-order valence-corrected chi connectivity index (χ0v) is 6.56. The zero-order chi connectivity index (χ0) is 7.28. The second kappa shape index (κ2) is 6.80. The molecule has 0 heterocycles. The Bertz CT molecular complexity index is 98.9. The maximum absolute atomic E-state index is 10.3. The van der Waals surface area contributed by atoms with Crippen molar-refractivity contribution in [1.29, 1.82) is 0 Å². The van der Waals surface area contributed by atoms with E-state index in [-0.39, 0.29) is 18.8 Å². The fourth-order valence-corrected chi connectivity index (χ4v) is 0.385. The van der Waals surface area contributed by atoms with Crippen molar-refractivity contribution in [3.05, 3.63) is 0 Å². The van der Waals surface area contributed by atoms with Crippen molar-refractivity contribution in [1.82, 2.24) is 0 Å². The highest BCUT2D eigenvalue weighted by molar-refractivity contribution is 5.85. The first kappa shape index (κ1) is 12.4. The molecule has 5 heteroatoms. The number of aliphatic hydroxyl groups is 1. The molecule has 0 rings (SSSR count). The van der Waals surface area contributed by atoms with Crippen molar-refractivity contribution < 1.29 is 14.7 Å². The van der Waals surface area contributed by atoms with Gasteiger partial charge in [-0.15, -0.1) is 12.4 Å². The Morgan fingerprint density at radius 3 is 2.60 bits per heavy atom. The van der Waals surface area contributed by atoms with Gasteiger partial charge in [-0.2, -0.15) is 5.90 Å². The molecule has 0 aliphatic rings. The molecule has 1 atom stereocenters. The third kappa shape index (κ3) is 5.81. The van der Waals surface area contributed by atoms with Crippen LogP contribution in [0.25, 0.3) is 0 Å². The summed E-state index contributed by atoms with van der Waals surface area (Å²) in [4.78, 5) is 14.1. The molecule has 0 saturated carbocycles. The molecule has 1 unspecified atom stereocenters. The number of aliphatic hydroxyl groups excluding tert-OH is 1. The van der Waals surface area contributed by atoms with E-state index in [0.717, 1.165) is 0 Å². The highest BCUT2D eigenvalue weighted by Gasteiger charge is 2.07. The van der Waals surface area contributed by atoms with E-state index in [1.807, 2.05) is 0 Å². The van der Waals surface area contributed by atoms with E-state index in [1.54, 1.807) is 6.92 Å². The molecule has 0 bridgehead atoms. The first-order valence-electron chi connectivity index (χ1n) is 2.78. The first-order chi connectivity index (χ1) is 4.20. The Balaban J connectivity index is 0. The largest absolute Gasteiger partial charge is 0.393 e. The number of rotatable bonds is 3. The first-order valence-corrected chi connectivity index (χ1v) is 2.78. The van der Waals surface area contributed by atoms with Crippen molar-refractivity contribution in [2.45, 2.75) is 25.9 Å². The molecule has 0 amide bonds. The average Bonchev–Trinajstić information content (AvgIpc) is 1.87. The van der Waals surface area contributed by atoms with Gasteiger partial charge in [0.1, 0.15) is 0 Å². The fourth-order valence-electron chi connectivity index (χ4n) is 0.385. The topological polar surface area (TPSA) is 72.5 Å². The van der Waals surface area contributed by atoms with E-state index in [0.29, 0.717) is 6.42 Å². The predicted octanol–water partition coefficient (Wildman–Crippen LogP) is -0.0139. The van der Waals surface area contributed by atoms with Gasteiger partial charge in [-0.1, -0.05) is 6.92 Å². The number of carbonyl (C=O) groups is 1. The molecule has 0 aromatic carbocycles. The number of nitrogens with two attached hydrogens (primary N) is 1. The van der Waals surface area contributed by atoms with E-state index in [2.05, 4.69) is 10.7 Å². The van der Waals surface area contributed by atoms with Crippen LogP contribution in [0.1, 0.15) is 19.8 Å². The smallest absolute Gasteiger partial charge is 0.327 e. The van der Waals surface area contributed by atoms with Crippen molar-refractivity contribution in [3.8, 4) is 0 Å². The monoisotopic (exact) mass is 169 g/mol. The average molecular weight is 170 g/mol. The van der Waals surface area contributed by atoms with Gasteiger partial charge >= 0.3 is 5.97 Å². The summed E-state index contributed by atoms with van der Waals surface area (Å²) in [6, 6.07) is 0. The Labute approximate surface area is 65.7 Å². The highest BCUT2D eigenvalue weighted by Crippen LogP contribution is 1.96. The van der Waals surface area contributed by atoms with E-state index in [4.69, 9.17) is 5.11 Å². The van der Waals surface area contributed by atoms with Gasteiger partial charge in [0.2, 0.25) is 0 Å². The Hall–Kier alpha value is -0.320. The standard InChI is InChI=1S/C5H11NO3.ClH/c1-2-4(7)3-5(8)9-6;/h4,7H,2-3,6H2,1H3;1H. The molecule has 0 aliphatic heterocycles. The molecule has 62 valence electrons. The van der Waals surface area contributed by atoms with Gasteiger partial charge in [0.15, 0.2) is 0 Å². The number of halogens is 1. The molecule has 0 aromatic rings. The molecule has 0 aromatic heterocycles. The Morgan fingerprint density at radius 2 is 2.30 bits per heavy atom. The van der Waals surface area contributed by atoms with E-state index >= 15 is 0 Å². The maximum Gasteiger partial charge on any atom is 0.327 e. The van der Waals surface area contributed by atoms with E-state index in [1.165, 1.54) is 0 Å². The summed E-state index contributed by atoms with van der Waals surface area (Å²) in [5.74, 6) is 3.94. The molecule has 0 radical (unpaired) electrons. The molecule has 3 N–H and O–H groups in total. The number of hydrogen-bond donors (Lipinski definition) is 2. The molecule has 0 fully saturated rings. The molecular formula is C5H12ClNO3. The minimum Gasteiger partial charge on any atom is -0.393 e. The summed E-state index contributed by atoms with van der Waals surface area (Å²) in [5.41, 5.74) is 0. The van der Waals surface area contributed by atoms with Crippen LogP contribution in [0, 0.1) is 0 Å². The molecule has 0 aliphatic carbocycles. The molecular weight excluding hydrogens is 158 g/mol. The van der Waals surface area contributed by atoms with Crippen molar-refractivity contribution in [2.75, 3.05) is 0 Å². The second-order valence-corrected chi connectivity index (χ2v) is 1.76. The van der Waals surface area contributed by atoms with Crippen LogP contribution >= 0.6 is 12.4 Å². The summed E-state index contributed by atoms with van der Waals surface area (Å²) in [5, 5.41) is 8.80. The van der Waals surface area contributed by atoms with Gasteiger partial charge in [-0.05, 0) is 6.42 Å². The van der Waals surface area contributed by atoms with E-state index in [9.17, 15) is 4.79 Å². The minimum absolute atomic E-state index is 0. The third-order valence-corrected chi connectivity index (χ3v) is 1.00. The SMILES string of the molecule is CCC(O)CC(=O)ON.Cl. The maximum atomic E-state index is 10.3. The van der Waals surface area contributed by atoms with Crippen LogP contribution in [0.5, 0.6) is 0 Å². The van der Waals surface area contributed by atoms with Crippen LogP contribution in [0.2, 0.25) is 0 Å². The lowest BCUT2D eigenvalue weighted by Crippen LogP contribution is -2.17. The fraction of sp³-hybridized carbons (Fsp3) is 0.800. The lowest BCUT2D eigenvalue weighted by Gasteiger charge is -2.02.